The van der Waals surface area contributed by atoms with Crippen molar-refractivity contribution in [2.24, 2.45) is 0 Å². The highest BCUT2D eigenvalue weighted by Gasteiger charge is 2.13. The van der Waals surface area contributed by atoms with Gasteiger partial charge in [-0.05, 0) is 19.1 Å². The van der Waals surface area contributed by atoms with Crippen molar-refractivity contribution in [2.75, 3.05) is 5.32 Å². The first-order chi connectivity index (χ1) is 8.72. The first kappa shape index (κ1) is 10.8. The van der Waals surface area contributed by atoms with E-state index in [1.54, 1.807) is 0 Å². The molecular formula is C11H9N5OS. The molecule has 0 atom stereocenters. The molecule has 0 aliphatic rings. The second kappa shape index (κ2) is 4.19. The average molecular weight is 259 g/mol. The molecule has 90 valence electrons. The van der Waals surface area contributed by atoms with Crippen LogP contribution in [0.1, 0.15) is 15.6 Å². The molecule has 0 unspecified atom stereocenters. The molecule has 2 N–H and O–H groups in total. The molecule has 0 spiro atoms. The molecule has 2 heterocycles. The first-order valence-corrected chi connectivity index (χ1v) is 6.10. The summed E-state index contributed by atoms with van der Waals surface area (Å²) in [5.74, 6) is -0.0496. The summed E-state index contributed by atoms with van der Waals surface area (Å²) >= 11 is 1.32. The van der Waals surface area contributed by atoms with Crippen molar-refractivity contribution in [3.05, 3.63) is 35.1 Å². The molecule has 0 bridgehead atoms. The van der Waals surface area contributed by atoms with E-state index in [9.17, 15) is 4.79 Å². The Morgan fingerprint density at radius 1 is 1.33 bits per heavy atom. The van der Waals surface area contributed by atoms with Crippen molar-refractivity contribution in [1.82, 2.24) is 20.2 Å². The Morgan fingerprint density at radius 2 is 2.17 bits per heavy atom. The summed E-state index contributed by atoms with van der Waals surface area (Å²) in [6.07, 6.45) is 0. The maximum atomic E-state index is 11.9. The number of aromatic nitrogens is 4. The summed E-state index contributed by atoms with van der Waals surface area (Å²) in [6, 6.07) is 7.47. The number of aryl methyl sites for hydroxylation is 1. The summed E-state index contributed by atoms with van der Waals surface area (Å²) in [6.45, 7) is 1.83. The van der Waals surface area contributed by atoms with Crippen LogP contribution in [0.3, 0.4) is 0 Å². The van der Waals surface area contributed by atoms with Gasteiger partial charge >= 0.3 is 0 Å². The highest BCUT2D eigenvalue weighted by atomic mass is 32.1. The Balaban J connectivity index is 1.87. The Bertz CT molecular complexity index is 684. The molecule has 6 nitrogen and oxygen atoms in total. The van der Waals surface area contributed by atoms with Gasteiger partial charge in [-0.1, -0.05) is 23.5 Å². The van der Waals surface area contributed by atoms with E-state index in [-0.39, 0.29) is 11.7 Å². The van der Waals surface area contributed by atoms with Crippen molar-refractivity contribution >= 4 is 33.4 Å². The van der Waals surface area contributed by atoms with E-state index in [4.69, 9.17) is 0 Å². The number of anilines is 1. The Hall–Kier alpha value is -2.28. The molecule has 3 aromatic rings. The second-order valence-electron chi connectivity index (χ2n) is 3.68. The molecule has 2 aromatic heterocycles. The lowest BCUT2D eigenvalue weighted by atomic mass is 10.3. The maximum absolute atomic E-state index is 11.9. The van der Waals surface area contributed by atoms with Gasteiger partial charge in [-0.25, -0.2) is 4.98 Å². The van der Waals surface area contributed by atoms with E-state index >= 15 is 0 Å². The van der Waals surface area contributed by atoms with Gasteiger partial charge in [0.1, 0.15) is 5.01 Å². The summed E-state index contributed by atoms with van der Waals surface area (Å²) in [5, 5.41) is 11.6. The number of carbonyl (C=O) groups excluding carboxylic acids is 1. The predicted molar refractivity (Wildman–Crippen MR) is 68.7 cm³/mol. The molecule has 0 radical (unpaired) electrons. The van der Waals surface area contributed by atoms with E-state index in [1.165, 1.54) is 11.3 Å². The molecule has 0 aliphatic carbocycles. The van der Waals surface area contributed by atoms with Gasteiger partial charge in [0.2, 0.25) is 5.13 Å². The van der Waals surface area contributed by atoms with Gasteiger partial charge in [0.25, 0.3) is 5.91 Å². The number of H-pyrrole nitrogens is 1. The number of hydrogen-bond acceptors (Lipinski definition) is 5. The summed E-state index contributed by atoms with van der Waals surface area (Å²) in [5.41, 5.74) is 1.59. The predicted octanol–water partition coefficient (Wildman–Crippen LogP) is 1.98. The normalized spacial score (nSPS) is 10.7. The van der Waals surface area contributed by atoms with Crippen molar-refractivity contribution in [1.29, 1.82) is 0 Å². The van der Waals surface area contributed by atoms with Gasteiger partial charge in [0.05, 0.1) is 11.0 Å². The minimum atomic E-state index is -0.317. The van der Waals surface area contributed by atoms with Crippen LogP contribution in [0, 0.1) is 6.92 Å². The smallest absolute Gasteiger partial charge is 0.293 e. The summed E-state index contributed by atoms with van der Waals surface area (Å²) in [7, 11) is 0. The van der Waals surface area contributed by atoms with Crippen LogP contribution in [-0.4, -0.2) is 26.1 Å². The maximum Gasteiger partial charge on any atom is 0.293 e. The minimum Gasteiger partial charge on any atom is -0.334 e. The number of aromatic amines is 1. The number of nitrogens with zero attached hydrogens (tertiary/aromatic N) is 3. The molecular weight excluding hydrogens is 250 g/mol. The van der Waals surface area contributed by atoms with Crippen LogP contribution in [0.25, 0.3) is 11.0 Å². The van der Waals surface area contributed by atoms with E-state index in [0.717, 1.165) is 16.0 Å². The minimum absolute atomic E-state index is 0.268. The number of amides is 1. The standard InChI is InChI=1S/C11H9N5OS/c1-6-15-16-11(18-6)14-10(17)9-12-7-4-2-3-5-8(7)13-9/h2-5H,1H3,(H,12,13)(H,14,16,17). The van der Waals surface area contributed by atoms with Gasteiger partial charge < -0.3 is 4.98 Å². The van der Waals surface area contributed by atoms with Gasteiger partial charge in [-0.15, -0.1) is 10.2 Å². The molecule has 0 saturated carbocycles. The zero-order valence-electron chi connectivity index (χ0n) is 9.47. The van der Waals surface area contributed by atoms with Crippen molar-refractivity contribution in [3.8, 4) is 0 Å². The number of rotatable bonds is 2. The fraction of sp³-hybridized carbons (Fsp3) is 0.0909. The van der Waals surface area contributed by atoms with Crippen molar-refractivity contribution in [2.45, 2.75) is 6.92 Å². The van der Waals surface area contributed by atoms with E-state index in [2.05, 4.69) is 25.5 Å². The van der Waals surface area contributed by atoms with Gasteiger partial charge in [-0.2, -0.15) is 0 Å². The number of para-hydroxylation sites is 2. The van der Waals surface area contributed by atoms with Crippen LogP contribution < -0.4 is 5.32 Å². The lowest BCUT2D eigenvalue weighted by molar-refractivity contribution is 0.101. The number of hydrogen-bond donors (Lipinski definition) is 2. The third kappa shape index (κ3) is 1.95. The Morgan fingerprint density at radius 3 is 2.89 bits per heavy atom. The average Bonchev–Trinajstić information content (AvgIpc) is 2.95. The first-order valence-electron chi connectivity index (χ1n) is 5.28. The molecule has 1 aromatic carbocycles. The van der Waals surface area contributed by atoms with Crippen LogP contribution in [0.5, 0.6) is 0 Å². The lowest BCUT2D eigenvalue weighted by Gasteiger charge is -1.95. The molecule has 3 rings (SSSR count). The van der Waals surface area contributed by atoms with E-state index in [1.807, 2.05) is 31.2 Å². The highest BCUT2D eigenvalue weighted by Crippen LogP contribution is 2.15. The monoisotopic (exact) mass is 259 g/mol. The largest absolute Gasteiger partial charge is 0.334 e. The van der Waals surface area contributed by atoms with Crippen molar-refractivity contribution in [3.63, 3.8) is 0 Å². The lowest BCUT2D eigenvalue weighted by Crippen LogP contribution is -2.13. The topological polar surface area (TPSA) is 83.6 Å². The van der Waals surface area contributed by atoms with E-state index in [0.29, 0.717) is 5.13 Å². The third-order valence-electron chi connectivity index (χ3n) is 2.35. The summed E-state index contributed by atoms with van der Waals surface area (Å²) < 4.78 is 0. The number of carbonyl (C=O) groups is 1. The third-order valence-corrected chi connectivity index (χ3v) is 3.11. The van der Waals surface area contributed by atoms with Crippen LogP contribution in [0.4, 0.5) is 5.13 Å². The molecule has 18 heavy (non-hydrogen) atoms. The van der Waals surface area contributed by atoms with Crippen LogP contribution in [-0.2, 0) is 0 Å². The van der Waals surface area contributed by atoms with Crippen molar-refractivity contribution < 1.29 is 4.79 Å². The zero-order valence-corrected chi connectivity index (χ0v) is 10.3. The number of fused-ring (bicyclic) bond motifs is 1. The van der Waals surface area contributed by atoms with Crippen LogP contribution in [0.2, 0.25) is 0 Å². The number of nitrogens with one attached hydrogen (secondary N) is 2. The zero-order chi connectivity index (χ0) is 12.5. The molecule has 0 saturated heterocycles. The molecule has 7 heteroatoms. The highest BCUT2D eigenvalue weighted by molar-refractivity contribution is 7.15. The Labute approximate surface area is 106 Å². The van der Waals surface area contributed by atoms with Gasteiger partial charge in [-0.3, -0.25) is 10.1 Å². The quantitative estimate of drug-likeness (QED) is 0.737. The summed E-state index contributed by atoms with van der Waals surface area (Å²) in [4.78, 5) is 19.1. The van der Waals surface area contributed by atoms with E-state index < -0.39 is 0 Å². The Kier molecular flexibility index (Phi) is 2.52. The van der Waals surface area contributed by atoms with Crippen LogP contribution >= 0.6 is 11.3 Å². The fourth-order valence-electron chi connectivity index (χ4n) is 1.56. The molecule has 1 amide bonds. The molecule has 0 aliphatic heterocycles. The number of imidazole rings is 1. The molecule has 0 fully saturated rings. The van der Waals surface area contributed by atoms with Gasteiger partial charge in [0, 0.05) is 0 Å². The second-order valence-corrected chi connectivity index (χ2v) is 4.86. The van der Waals surface area contributed by atoms with Crippen LogP contribution in [0.15, 0.2) is 24.3 Å². The SMILES string of the molecule is Cc1nnc(NC(=O)c2nc3ccccc3[nH]2)s1. The fourth-order valence-corrected chi connectivity index (χ4v) is 2.15. The van der Waals surface area contributed by atoms with Gasteiger partial charge in [0.15, 0.2) is 5.82 Å². The number of benzene rings is 1.